The number of aromatic nitrogens is 2. The molecule has 2 unspecified atom stereocenters. The van der Waals surface area contributed by atoms with Crippen LogP contribution in [0, 0.1) is 12.8 Å². The molecular weight excluding hydrogens is 360 g/mol. The van der Waals surface area contributed by atoms with E-state index < -0.39 is 0 Å². The summed E-state index contributed by atoms with van der Waals surface area (Å²) in [5.41, 5.74) is 5.27. The highest BCUT2D eigenvalue weighted by atomic mass is 35.5. The number of benzene rings is 1. The highest BCUT2D eigenvalue weighted by molar-refractivity contribution is 5.94. The van der Waals surface area contributed by atoms with Crippen LogP contribution < -0.4 is 10.6 Å². The molecule has 0 bridgehead atoms. The zero-order chi connectivity index (χ0) is 18.1. The third-order valence-corrected chi connectivity index (χ3v) is 5.78. The molecule has 1 saturated heterocycles. The number of rotatable bonds is 3. The van der Waals surface area contributed by atoms with Gasteiger partial charge in [0.25, 0.3) is 5.91 Å². The van der Waals surface area contributed by atoms with Crippen molar-refractivity contribution in [3.63, 3.8) is 0 Å². The van der Waals surface area contributed by atoms with Gasteiger partial charge in [0, 0.05) is 17.3 Å². The zero-order valence-electron chi connectivity index (χ0n) is 16.1. The molecule has 0 radical (unpaired) electrons. The Bertz CT molecular complexity index is 799. The number of nitrogens with one attached hydrogen (secondary N) is 2. The molecule has 1 aliphatic heterocycles. The average molecular weight is 389 g/mol. The van der Waals surface area contributed by atoms with Crippen molar-refractivity contribution in [3.05, 3.63) is 46.8 Å². The highest BCUT2D eigenvalue weighted by Gasteiger charge is 2.29. The van der Waals surface area contributed by atoms with Gasteiger partial charge >= 0.3 is 0 Å². The summed E-state index contributed by atoms with van der Waals surface area (Å²) in [6.07, 6.45) is 5.22. The van der Waals surface area contributed by atoms with Crippen molar-refractivity contribution in [3.8, 4) is 5.69 Å². The van der Waals surface area contributed by atoms with Gasteiger partial charge in [-0.3, -0.25) is 4.79 Å². The van der Waals surface area contributed by atoms with Gasteiger partial charge in [-0.15, -0.1) is 12.4 Å². The summed E-state index contributed by atoms with van der Waals surface area (Å²) in [6.45, 7) is 6.20. The van der Waals surface area contributed by atoms with E-state index in [1.807, 2.05) is 4.68 Å². The Morgan fingerprint density at radius 3 is 2.70 bits per heavy atom. The van der Waals surface area contributed by atoms with Crippen molar-refractivity contribution in [1.82, 2.24) is 20.4 Å². The largest absolute Gasteiger partial charge is 0.348 e. The van der Waals surface area contributed by atoms with Gasteiger partial charge in [-0.25, -0.2) is 4.68 Å². The molecule has 27 heavy (non-hydrogen) atoms. The molecular formula is C21H29ClN4O. The number of aryl methyl sites for hydroxylation is 1. The Kier molecular flexibility index (Phi) is 6.22. The molecule has 1 aliphatic carbocycles. The van der Waals surface area contributed by atoms with E-state index in [0.717, 1.165) is 56.4 Å². The van der Waals surface area contributed by atoms with E-state index in [0.29, 0.717) is 11.6 Å². The third kappa shape index (κ3) is 4.04. The van der Waals surface area contributed by atoms with Crippen LogP contribution in [0.4, 0.5) is 0 Å². The molecule has 2 aliphatic rings. The Balaban J connectivity index is 0.00000210. The second-order valence-electron chi connectivity index (χ2n) is 7.78. The average Bonchev–Trinajstić information content (AvgIpc) is 3.04. The van der Waals surface area contributed by atoms with Crippen molar-refractivity contribution in [2.24, 2.45) is 5.92 Å². The maximum Gasteiger partial charge on any atom is 0.272 e. The Morgan fingerprint density at radius 1 is 1.22 bits per heavy atom. The molecule has 0 spiro atoms. The number of carbonyl (C=O) groups is 1. The molecule has 2 aromatic rings. The van der Waals surface area contributed by atoms with Gasteiger partial charge in [-0.2, -0.15) is 5.10 Å². The van der Waals surface area contributed by atoms with Crippen molar-refractivity contribution < 1.29 is 4.79 Å². The first kappa shape index (κ1) is 19.9. The van der Waals surface area contributed by atoms with E-state index in [2.05, 4.69) is 48.7 Å². The predicted octanol–water partition coefficient (Wildman–Crippen LogP) is 3.21. The van der Waals surface area contributed by atoms with Gasteiger partial charge in [0.15, 0.2) is 5.69 Å². The molecule has 6 heteroatoms. The van der Waals surface area contributed by atoms with Crippen LogP contribution in [0.3, 0.4) is 0 Å². The first-order valence-corrected chi connectivity index (χ1v) is 9.83. The van der Waals surface area contributed by atoms with Crippen LogP contribution in [0.15, 0.2) is 24.3 Å². The van der Waals surface area contributed by atoms with Gasteiger partial charge < -0.3 is 10.6 Å². The Morgan fingerprint density at radius 2 is 1.96 bits per heavy atom. The zero-order valence-corrected chi connectivity index (χ0v) is 16.9. The normalized spacial score (nSPS) is 21.9. The summed E-state index contributed by atoms with van der Waals surface area (Å²) in [4.78, 5) is 13.0. The van der Waals surface area contributed by atoms with E-state index in [-0.39, 0.29) is 24.4 Å². The molecule has 2 N–H and O–H groups in total. The van der Waals surface area contributed by atoms with Crippen LogP contribution in [0.25, 0.3) is 5.69 Å². The van der Waals surface area contributed by atoms with Gasteiger partial charge in [0.1, 0.15) is 0 Å². The lowest BCUT2D eigenvalue weighted by molar-refractivity contribution is 0.0907. The predicted molar refractivity (Wildman–Crippen MR) is 110 cm³/mol. The standard InChI is InChI=1S/C21H28N4O.ClH/c1-14-7-9-16(10-8-14)25-19-6-4-3-5-17(19)20(24-25)21(26)23-18-11-12-22-13-15(18)2;/h7-10,15,18,22H,3-6,11-13H2,1-2H3,(H,23,26);1H. The number of fused-ring (bicyclic) bond motifs is 1. The third-order valence-electron chi connectivity index (χ3n) is 5.78. The molecule has 146 valence electrons. The summed E-state index contributed by atoms with van der Waals surface area (Å²) >= 11 is 0. The Hall–Kier alpha value is -1.85. The molecule has 0 saturated carbocycles. The lowest BCUT2D eigenvalue weighted by Crippen LogP contribution is -2.48. The fourth-order valence-electron chi connectivity index (χ4n) is 4.15. The van der Waals surface area contributed by atoms with E-state index in [1.54, 1.807) is 0 Å². The summed E-state index contributed by atoms with van der Waals surface area (Å²) in [7, 11) is 0. The van der Waals surface area contributed by atoms with Gasteiger partial charge in [0.2, 0.25) is 0 Å². The van der Waals surface area contributed by atoms with Crippen LogP contribution >= 0.6 is 12.4 Å². The minimum atomic E-state index is -0.00670. The molecule has 1 amide bonds. The molecule has 4 rings (SSSR count). The first-order chi connectivity index (χ1) is 12.6. The Labute approximate surface area is 167 Å². The van der Waals surface area contributed by atoms with Crippen LogP contribution in [-0.4, -0.2) is 34.8 Å². The SMILES string of the molecule is Cc1ccc(-n2nc(C(=O)NC3CCNCC3C)c3c2CCCC3)cc1.Cl. The molecule has 2 heterocycles. The summed E-state index contributed by atoms with van der Waals surface area (Å²) in [5, 5.41) is 11.4. The van der Waals surface area contributed by atoms with Crippen molar-refractivity contribution in [1.29, 1.82) is 0 Å². The minimum Gasteiger partial charge on any atom is -0.348 e. The van der Waals surface area contributed by atoms with Gasteiger partial charge in [0.05, 0.1) is 5.69 Å². The molecule has 2 atom stereocenters. The second kappa shape index (κ2) is 8.44. The minimum absolute atomic E-state index is 0. The summed E-state index contributed by atoms with van der Waals surface area (Å²) in [5.74, 6) is 0.440. The summed E-state index contributed by atoms with van der Waals surface area (Å²) < 4.78 is 1.99. The fraction of sp³-hybridized carbons (Fsp3) is 0.524. The number of piperidine rings is 1. The van der Waals surface area contributed by atoms with E-state index >= 15 is 0 Å². The van der Waals surface area contributed by atoms with E-state index in [4.69, 9.17) is 5.10 Å². The number of halogens is 1. The number of hydrogen-bond acceptors (Lipinski definition) is 3. The van der Waals surface area contributed by atoms with E-state index in [1.165, 1.54) is 11.3 Å². The van der Waals surface area contributed by atoms with Crippen LogP contribution in [0.5, 0.6) is 0 Å². The molecule has 1 aromatic heterocycles. The maximum atomic E-state index is 13.0. The topological polar surface area (TPSA) is 59.0 Å². The van der Waals surface area contributed by atoms with E-state index in [9.17, 15) is 4.79 Å². The number of carbonyl (C=O) groups excluding carboxylic acids is 1. The second-order valence-corrected chi connectivity index (χ2v) is 7.78. The quantitative estimate of drug-likeness (QED) is 0.848. The lowest BCUT2D eigenvalue weighted by atomic mass is 9.93. The van der Waals surface area contributed by atoms with Gasteiger partial charge in [-0.1, -0.05) is 24.6 Å². The fourth-order valence-corrected chi connectivity index (χ4v) is 4.15. The molecule has 5 nitrogen and oxygen atoms in total. The van der Waals surface area contributed by atoms with Crippen LogP contribution in [0.2, 0.25) is 0 Å². The smallest absolute Gasteiger partial charge is 0.272 e. The maximum absolute atomic E-state index is 13.0. The number of hydrogen-bond donors (Lipinski definition) is 2. The van der Waals surface area contributed by atoms with Gasteiger partial charge in [-0.05, 0) is 70.2 Å². The van der Waals surface area contributed by atoms with Crippen LogP contribution in [0.1, 0.15) is 53.5 Å². The van der Waals surface area contributed by atoms with Crippen molar-refractivity contribution >= 4 is 18.3 Å². The number of nitrogens with zero attached hydrogens (tertiary/aromatic N) is 2. The monoisotopic (exact) mass is 388 g/mol. The first-order valence-electron chi connectivity index (χ1n) is 9.83. The van der Waals surface area contributed by atoms with Crippen molar-refractivity contribution in [2.75, 3.05) is 13.1 Å². The summed E-state index contributed by atoms with van der Waals surface area (Å²) in [6, 6.07) is 8.61. The van der Waals surface area contributed by atoms with Crippen molar-refractivity contribution in [2.45, 2.75) is 52.0 Å². The molecule has 1 fully saturated rings. The number of amides is 1. The molecule has 1 aromatic carbocycles. The highest BCUT2D eigenvalue weighted by Crippen LogP contribution is 2.27. The van der Waals surface area contributed by atoms with Crippen LogP contribution in [-0.2, 0) is 12.8 Å². The lowest BCUT2D eigenvalue weighted by Gasteiger charge is -2.30.